The zero-order valence-electron chi connectivity index (χ0n) is 16.8. The zero-order chi connectivity index (χ0) is 19.8. The van der Waals surface area contributed by atoms with Gasteiger partial charge < -0.3 is 14.6 Å². The Bertz CT molecular complexity index is 792. The number of rotatable bonds is 4. The number of nitrogens with zero attached hydrogens (tertiary/aromatic N) is 1. The van der Waals surface area contributed by atoms with Crippen LogP contribution < -0.4 is 5.32 Å². The van der Waals surface area contributed by atoms with Crippen molar-refractivity contribution in [3.63, 3.8) is 0 Å². The van der Waals surface area contributed by atoms with Crippen LogP contribution in [0, 0.1) is 12.7 Å². The van der Waals surface area contributed by atoms with Gasteiger partial charge in [0.2, 0.25) is 0 Å². The Labute approximate surface area is 160 Å². The lowest BCUT2D eigenvalue weighted by molar-refractivity contribution is 0.0397. The molecule has 0 saturated carbocycles. The van der Waals surface area contributed by atoms with Crippen LogP contribution in [-0.2, 0) is 6.54 Å². The van der Waals surface area contributed by atoms with Gasteiger partial charge in [0.15, 0.2) is 0 Å². The molecule has 1 amide bonds. The molecule has 1 aromatic heterocycles. The number of nitrogens with one attached hydrogen (secondary N) is 1. The molecule has 5 heteroatoms. The average molecular weight is 372 g/mol. The highest BCUT2D eigenvalue weighted by Crippen LogP contribution is 2.33. The fraction of sp³-hybridized carbons (Fsp3) is 0.500. The van der Waals surface area contributed by atoms with Crippen LogP contribution in [-0.4, -0.2) is 27.9 Å². The van der Waals surface area contributed by atoms with Gasteiger partial charge in [-0.25, -0.2) is 4.39 Å². The van der Waals surface area contributed by atoms with Crippen molar-refractivity contribution in [2.45, 2.75) is 71.1 Å². The Hall–Kier alpha value is -2.14. The molecule has 0 atom stereocenters. The van der Waals surface area contributed by atoms with Crippen LogP contribution in [0.2, 0.25) is 0 Å². The van der Waals surface area contributed by atoms with E-state index in [1.54, 1.807) is 12.1 Å². The van der Waals surface area contributed by atoms with Gasteiger partial charge in [-0.1, -0.05) is 0 Å². The molecule has 2 heterocycles. The summed E-state index contributed by atoms with van der Waals surface area (Å²) in [5, 5.41) is 3.66. The van der Waals surface area contributed by atoms with Gasteiger partial charge in [0.25, 0.3) is 5.91 Å². The molecular weight excluding hydrogens is 343 g/mol. The minimum atomic E-state index is -0.344. The number of benzene rings is 1. The van der Waals surface area contributed by atoms with Gasteiger partial charge in [0.05, 0.1) is 6.54 Å². The molecule has 1 aromatic carbocycles. The second-order valence-corrected chi connectivity index (χ2v) is 8.91. The summed E-state index contributed by atoms with van der Waals surface area (Å²) < 4.78 is 19.1. The van der Waals surface area contributed by atoms with Gasteiger partial charge >= 0.3 is 0 Å². The molecule has 0 bridgehead atoms. The standard InChI is InChI=1S/C22H29FN2O2/c1-15-6-11-19(27-15)14-25(20(26)16-7-9-17(23)10-8-16)18-12-21(2,3)24-22(4,5)13-18/h6-11,18,24H,12-14H2,1-5H3. The molecule has 0 radical (unpaired) electrons. The van der Waals surface area contributed by atoms with Crippen molar-refractivity contribution in [3.05, 3.63) is 59.3 Å². The highest BCUT2D eigenvalue weighted by Gasteiger charge is 2.41. The van der Waals surface area contributed by atoms with E-state index >= 15 is 0 Å². The van der Waals surface area contributed by atoms with Gasteiger partial charge in [-0.05, 0) is 83.9 Å². The van der Waals surface area contributed by atoms with Crippen molar-refractivity contribution in [2.24, 2.45) is 0 Å². The van der Waals surface area contributed by atoms with Gasteiger partial charge in [-0.3, -0.25) is 4.79 Å². The quantitative estimate of drug-likeness (QED) is 0.848. The Morgan fingerprint density at radius 1 is 1.11 bits per heavy atom. The summed E-state index contributed by atoms with van der Waals surface area (Å²) in [7, 11) is 0. The van der Waals surface area contributed by atoms with Crippen LogP contribution in [0.5, 0.6) is 0 Å². The second-order valence-electron chi connectivity index (χ2n) is 8.91. The minimum absolute atomic E-state index is 0.0548. The van der Waals surface area contributed by atoms with E-state index in [2.05, 4.69) is 33.0 Å². The van der Waals surface area contributed by atoms with Crippen LogP contribution >= 0.6 is 0 Å². The molecule has 1 saturated heterocycles. The van der Waals surface area contributed by atoms with Crippen molar-refractivity contribution in [2.75, 3.05) is 0 Å². The molecule has 4 nitrogen and oxygen atoms in total. The molecular formula is C22H29FN2O2. The number of aryl methyl sites for hydroxylation is 1. The fourth-order valence-corrected chi connectivity index (χ4v) is 4.35. The van der Waals surface area contributed by atoms with Crippen molar-refractivity contribution < 1.29 is 13.6 Å². The Morgan fingerprint density at radius 2 is 1.70 bits per heavy atom. The van der Waals surface area contributed by atoms with Crippen molar-refractivity contribution in [3.8, 4) is 0 Å². The molecule has 0 aliphatic carbocycles. The molecule has 0 spiro atoms. The molecule has 1 aliphatic rings. The summed E-state index contributed by atoms with van der Waals surface area (Å²) in [6.07, 6.45) is 1.67. The molecule has 1 aliphatic heterocycles. The van der Waals surface area contributed by atoms with Gasteiger partial charge in [-0.2, -0.15) is 0 Å². The number of furan rings is 1. The predicted molar refractivity (Wildman–Crippen MR) is 104 cm³/mol. The molecule has 2 aromatic rings. The molecule has 0 unspecified atom stereocenters. The molecule has 1 fully saturated rings. The Kier molecular flexibility index (Phi) is 5.17. The van der Waals surface area contributed by atoms with Gasteiger partial charge in [0, 0.05) is 22.7 Å². The van der Waals surface area contributed by atoms with Crippen LogP contribution in [0.25, 0.3) is 0 Å². The van der Waals surface area contributed by atoms with E-state index in [-0.39, 0.29) is 28.8 Å². The third-order valence-corrected chi connectivity index (χ3v) is 5.08. The number of amides is 1. The van der Waals surface area contributed by atoms with Crippen molar-refractivity contribution >= 4 is 5.91 Å². The van der Waals surface area contributed by atoms with Crippen LogP contribution in [0.3, 0.4) is 0 Å². The maximum absolute atomic E-state index is 13.3. The number of carbonyl (C=O) groups is 1. The molecule has 27 heavy (non-hydrogen) atoms. The number of piperidine rings is 1. The third-order valence-electron chi connectivity index (χ3n) is 5.08. The Morgan fingerprint density at radius 3 is 2.22 bits per heavy atom. The first-order chi connectivity index (χ1) is 12.5. The van der Waals surface area contributed by atoms with E-state index in [9.17, 15) is 9.18 Å². The summed E-state index contributed by atoms with van der Waals surface area (Å²) in [6, 6.07) is 9.64. The van der Waals surface area contributed by atoms with E-state index in [1.807, 2.05) is 24.0 Å². The first-order valence-corrected chi connectivity index (χ1v) is 9.46. The van der Waals surface area contributed by atoms with Gasteiger partial charge in [0.1, 0.15) is 17.3 Å². The first-order valence-electron chi connectivity index (χ1n) is 9.46. The lowest BCUT2D eigenvalue weighted by Crippen LogP contribution is -2.62. The maximum atomic E-state index is 13.3. The average Bonchev–Trinajstić information content (AvgIpc) is 2.95. The number of hydrogen-bond acceptors (Lipinski definition) is 3. The van der Waals surface area contributed by atoms with Crippen molar-refractivity contribution in [1.82, 2.24) is 10.2 Å². The van der Waals surface area contributed by atoms with E-state index in [1.165, 1.54) is 12.1 Å². The highest BCUT2D eigenvalue weighted by atomic mass is 19.1. The molecule has 1 N–H and O–H groups in total. The van der Waals surface area contributed by atoms with E-state index in [0.29, 0.717) is 12.1 Å². The normalized spacial score (nSPS) is 19.0. The Balaban J connectivity index is 1.93. The third kappa shape index (κ3) is 4.78. The van der Waals surface area contributed by atoms with Crippen molar-refractivity contribution in [1.29, 1.82) is 0 Å². The number of hydrogen-bond donors (Lipinski definition) is 1. The second kappa shape index (κ2) is 7.12. The maximum Gasteiger partial charge on any atom is 0.254 e. The molecule has 146 valence electrons. The lowest BCUT2D eigenvalue weighted by Gasteiger charge is -2.49. The molecule has 3 rings (SSSR count). The summed E-state index contributed by atoms with van der Waals surface area (Å²) in [4.78, 5) is 15.2. The van der Waals surface area contributed by atoms with Crippen LogP contribution in [0.15, 0.2) is 40.8 Å². The summed E-state index contributed by atoms with van der Waals surface area (Å²) in [6.45, 7) is 11.0. The summed E-state index contributed by atoms with van der Waals surface area (Å²) in [5.41, 5.74) is 0.313. The van der Waals surface area contributed by atoms with Crippen LogP contribution in [0.4, 0.5) is 4.39 Å². The highest BCUT2D eigenvalue weighted by molar-refractivity contribution is 5.94. The SMILES string of the molecule is Cc1ccc(CN(C(=O)c2ccc(F)cc2)C2CC(C)(C)NC(C)(C)C2)o1. The largest absolute Gasteiger partial charge is 0.464 e. The number of carbonyl (C=O) groups excluding carboxylic acids is 1. The predicted octanol–water partition coefficient (Wildman–Crippen LogP) is 4.68. The summed E-state index contributed by atoms with van der Waals surface area (Å²) >= 11 is 0. The van der Waals surface area contributed by atoms with E-state index in [4.69, 9.17) is 4.42 Å². The van der Waals surface area contributed by atoms with E-state index in [0.717, 1.165) is 24.4 Å². The zero-order valence-corrected chi connectivity index (χ0v) is 16.8. The topological polar surface area (TPSA) is 45.5 Å². The van der Waals surface area contributed by atoms with Gasteiger partial charge in [-0.15, -0.1) is 0 Å². The van der Waals surface area contributed by atoms with Crippen LogP contribution in [0.1, 0.15) is 62.4 Å². The first kappa shape index (κ1) is 19.6. The summed E-state index contributed by atoms with van der Waals surface area (Å²) in [5.74, 6) is 1.15. The van der Waals surface area contributed by atoms with E-state index < -0.39 is 0 Å². The smallest absolute Gasteiger partial charge is 0.254 e. The lowest BCUT2D eigenvalue weighted by atomic mass is 9.79. The monoisotopic (exact) mass is 372 g/mol. The fourth-order valence-electron chi connectivity index (χ4n) is 4.35. The number of halogens is 1. The minimum Gasteiger partial charge on any atom is -0.464 e.